The van der Waals surface area contributed by atoms with Crippen LogP contribution in [0.4, 0.5) is 28.9 Å². The molecule has 6 rings (SSSR count). The summed E-state index contributed by atoms with van der Waals surface area (Å²) in [6.45, 7) is 0. The van der Waals surface area contributed by atoms with Crippen LogP contribution < -0.4 is 15.4 Å². The number of fused-ring (bicyclic) bond motifs is 1. The van der Waals surface area contributed by atoms with E-state index in [-0.39, 0.29) is 12.4 Å². The van der Waals surface area contributed by atoms with E-state index in [9.17, 15) is 27.2 Å². The number of rotatable bonds is 7. The van der Waals surface area contributed by atoms with Gasteiger partial charge in [-0.2, -0.15) is 13.2 Å². The van der Waals surface area contributed by atoms with Gasteiger partial charge in [0.1, 0.15) is 28.4 Å². The predicted octanol–water partition coefficient (Wildman–Crippen LogP) is 8.03. The fourth-order valence-corrected chi connectivity index (χ4v) is 4.57. The number of benzene rings is 3. The summed E-state index contributed by atoms with van der Waals surface area (Å²) in [7, 11) is 0. The Balaban J connectivity index is 0.00000384. The van der Waals surface area contributed by atoms with Crippen LogP contribution in [0.15, 0.2) is 97.3 Å². The molecule has 0 radical (unpaired) electrons. The van der Waals surface area contributed by atoms with E-state index in [0.29, 0.717) is 57.7 Å². The highest BCUT2D eigenvalue weighted by atomic mass is 35.5. The third kappa shape index (κ3) is 6.32. The van der Waals surface area contributed by atoms with Gasteiger partial charge in [0.2, 0.25) is 11.8 Å². The summed E-state index contributed by atoms with van der Waals surface area (Å²) in [6.07, 6.45) is -0.971. The third-order valence-electron chi connectivity index (χ3n) is 7.15. The number of carbonyl (C=O) groups excluding carboxylic acids is 2. The van der Waals surface area contributed by atoms with Gasteiger partial charge in [0.15, 0.2) is 0 Å². The van der Waals surface area contributed by atoms with Crippen LogP contribution in [0.3, 0.4) is 0 Å². The number of amides is 2. The Kier molecular flexibility index (Phi) is 8.25. The fraction of sp³-hybridized carbons (Fsp3) is 0.125. The quantitative estimate of drug-likeness (QED) is 0.142. The smallest absolute Gasteiger partial charge is 0.433 e. The normalized spacial score (nSPS) is 13.5. The first-order chi connectivity index (χ1) is 20.6. The molecule has 0 bridgehead atoms. The van der Waals surface area contributed by atoms with Gasteiger partial charge in [-0.3, -0.25) is 19.6 Å². The molecule has 2 aromatic heterocycles. The molecular weight excluding hydrogens is 600 g/mol. The van der Waals surface area contributed by atoms with Gasteiger partial charge >= 0.3 is 6.18 Å². The van der Waals surface area contributed by atoms with E-state index in [4.69, 9.17) is 4.74 Å². The molecule has 2 N–H and O–H groups in total. The number of carbonyl (C=O) groups is 2. The largest absolute Gasteiger partial charge is 0.457 e. The molecule has 0 atom stereocenters. The molecule has 1 aliphatic carbocycles. The molecule has 1 fully saturated rings. The number of hydrogen-bond donors (Lipinski definition) is 2. The van der Waals surface area contributed by atoms with Gasteiger partial charge in [0.05, 0.1) is 5.52 Å². The minimum Gasteiger partial charge on any atom is -0.457 e. The van der Waals surface area contributed by atoms with E-state index in [1.807, 2.05) is 0 Å². The lowest BCUT2D eigenvalue weighted by molar-refractivity contribution is -0.141. The topological polar surface area (TPSA) is 93.2 Å². The summed E-state index contributed by atoms with van der Waals surface area (Å²) >= 11 is 0. The second-order valence-electron chi connectivity index (χ2n) is 10.1. The van der Waals surface area contributed by atoms with Crippen molar-refractivity contribution in [2.24, 2.45) is 5.41 Å². The molecule has 2 amide bonds. The van der Waals surface area contributed by atoms with Gasteiger partial charge < -0.3 is 15.4 Å². The summed E-state index contributed by atoms with van der Waals surface area (Å²) in [6, 6.07) is 21.2. The molecule has 0 unspecified atom stereocenters. The predicted molar refractivity (Wildman–Crippen MR) is 159 cm³/mol. The Morgan fingerprint density at radius 1 is 0.773 bits per heavy atom. The molecule has 224 valence electrons. The van der Waals surface area contributed by atoms with Crippen LogP contribution in [0.2, 0.25) is 0 Å². The van der Waals surface area contributed by atoms with Crippen molar-refractivity contribution in [2.45, 2.75) is 19.0 Å². The molecule has 12 heteroatoms. The Labute approximate surface area is 254 Å². The van der Waals surface area contributed by atoms with Crippen molar-refractivity contribution in [1.82, 2.24) is 9.97 Å². The molecule has 2 heterocycles. The number of aromatic nitrogens is 2. The first-order valence-electron chi connectivity index (χ1n) is 13.2. The van der Waals surface area contributed by atoms with Crippen molar-refractivity contribution in [3.63, 3.8) is 0 Å². The van der Waals surface area contributed by atoms with Gasteiger partial charge in [-0.15, -0.1) is 12.4 Å². The van der Waals surface area contributed by atoms with Crippen LogP contribution in [-0.4, -0.2) is 21.8 Å². The highest BCUT2D eigenvalue weighted by Gasteiger charge is 2.56. The zero-order chi connectivity index (χ0) is 30.2. The van der Waals surface area contributed by atoms with E-state index in [1.54, 1.807) is 54.7 Å². The van der Waals surface area contributed by atoms with E-state index in [2.05, 4.69) is 20.6 Å². The molecular formula is C32H23ClF4N4O3. The highest BCUT2D eigenvalue weighted by molar-refractivity contribution is 6.16. The third-order valence-corrected chi connectivity index (χ3v) is 7.15. The van der Waals surface area contributed by atoms with E-state index in [1.165, 1.54) is 36.5 Å². The van der Waals surface area contributed by atoms with Crippen LogP contribution in [0.25, 0.3) is 22.0 Å². The number of nitrogens with one attached hydrogen (secondary N) is 2. The zero-order valence-corrected chi connectivity index (χ0v) is 23.5. The molecule has 3 aromatic carbocycles. The van der Waals surface area contributed by atoms with Gasteiger partial charge in [-0.25, -0.2) is 4.39 Å². The summed E-state index contributed by atoms with van der Waals surface area (Å²) in [5.41, 5.74) is 0.480. The maximum atomic E-state index is 13.2. The number of nitrogens with zero attached hydrogens (tertiary/aromatic N) is 2. The minimum absolute atomic E-state index is 0. The number of anilines is 2. The van der Waals surface area contributed by atoms with Crippen molar-refractivity contribution < 1.29 is 31.9 Å². The average molecular weight is 623 g/mol. The standard InChI is InChI=1S/C32H22F4N4O3.ClH/c33-21-3-5-22(6-4-21)39-29(41)31(14-15-31)30(42)40-23-7-9-24(10-8-23)43-27-13-16-37-26-17-19(1-11-25(26)27)20-2-12-28(38-18-20)32(34,35)36;/h1-13,16-18H,14-15H2,(H,39,41)(H,40,42);1H. The van der Waals surface area contributed by atoms with E-state index in [0.717, 1.165) is 6.07 Å². The van der Waals surface area contributed by atoms with Crippen LogP contribution in [0.5, 0.6) is 11.5 Å². The number of halogens is 5. The Hall–Kier alpha value is -5.03. The summed E-state index contributed by atoms with van der Waals surface area (Å²) < 4.78 is 57.8. The monoisotopic (exact) mass is 622 g/mol. The van der Waals surface area contributed by atoms with E-state index < -0.39 is 34.9 Å². The second kappa shape index (κ2) is 11.9. The molecule has 1 saturated carbocycles. The highest BCUT2D eigenvalue weighted by Crippen LogP contribution is 2.47. The zero-order valence-electron chi connectivity index (χ0n) is 22.7. The van der Waals surface area contributed by atoms with Crippen LogP contribution >= 0.6 is 12.4 Å². The van der Waals surface area contributed by atoms with Crippen molar-refractivity contribution in [3.8, 4) is 22.6 Å². The van der Waals surface area contributed by atoms with Crippen LogP contribution in [-0.2, 0) is 15.8 Å². The lowest BCUT2D eigenvalue weighted by Crippen LogP contribution is -2.35. The van der Waals surface area contributed by atoms with Gasteiger partial charge in [-0.1, -0.05) is 12.1 Å². The summed E-state index contributed by atoms with van der Waals surface area (Å²) in [5.74, 6) is -0.311. The first-order valence-corrected chi connectivity index (χ1v) is 13.2. The average Bonchev–Trinajstić information content (AvgIpc) is 3.81. The SMILES string of the molecule is Cl.O=C(Nc1ccc(F)cc1)C1(C(=O)Nc2ccc(Oc3ccnc4cc(-c5ccc(C(F)(F)F)nc5)ccc34)cc2)CC1. The number of alkyl halides is 3. The Bertz CT molecular complexity index is 1830. The number of hydrogen-bond acceptors (Lipinski definition) is 5. The van der Waals surface area contributed by atoms with Crippen molar-refractivity contribution in [1.29, 1.82) is 0 Å². The van der Waals surface area contributed by atoms with E-state index >= 15 is 0 Å². The minimum atomic E-state index is -4.51. The number of pyridine rings is 2. The lowest BCUT2D eigenvalue weighted by Gasteiger charge is -2.16. The molecule has 0 spiro atoms. The lowest BCUT2D eigenvalue weighted by atomic mass is 10.0. The van der Waals surface area contributed by atoms with Gasteiger partial charge in [0.25, 0.3) is 0 Å². The molecule has 0 aliphatic heterocycles. The van der Waals surface area contributed by atoms with Crippen molar-refractivity contribution in [3.05, 3.63) is 109 Å². The van der Waals surface area contributed by atoms with Gasteiger partial charge in [0, 0.05) is 34.7 Å². The first kappa shape index (κ1) is 30.4. The number of ether oxygens (including phenoxy) is 1. The maximum Gasteiger partial charge on any atom is 0.433 e. The molecule has 7 nitrogen and oxygen atoms in total. The van der Waals surface area contributed by atoms with Crippen LogP contribution in [0.1, 0.15) is 18.5 Å². The molecule has 44 heavy (non-hydrogen) atoms. The Morgan fingerprint density at radius 3 is 1.95 bits per heavy atom. The fourth-order valence-electron chi connectivity index (χ4n) is 4.57. The summed E-state index contributed by atoms with van der Waals surface area (Å²) in [5, 5.41) is 6.14. The van der Waals surface area contributed by atoms with Crippen LogP contribution in [0, 0.1) is 11.2 Å². The second-order valence-corrected chi connectivity index (χ2v) is 10.1. The van der Waals surface area contributed by atoms with Crippen molar-refractivity contribution >= 4 is 46.5 Å². The maximum absolute atomic E-state index is 13.2. The molecule has 1 aliphatic rings. The Morgan fingerprint density at radius 2 is 1.39 bits per heavy atom. The molecule has 5 aromatic rings. The summed E-state index contributed by atoms with van der Waals surface area (Å²) in [4.78, 5) is 33.7. The molecule has 0 saturated heterocycles. The van der Waals surface area contributed by atoms with Crippen molar-refractivity contribution in [2.75, 3.05) is 10.6 Å². The van der Waals surface area contributed by atoms with Gasteiger partial charge in [-0.05, 0) is 91.2 Å².